The number of rotatable bonds is 2. The van der Waals surface area contributed by atoms with Crippen LogP contribution in [0.2, 0.25) is 0 Å². The molecule has 0 N–H and O–H groups in total. The molecular weight excluding hydrogens is 347 g/mol. The largest absolute Gasteiger partial charge is 0.443 e. The Morgan fingerprint density at radius 3 is 1.95 bits per heavy atom. The minimum Gasteiger partial charge on any atom is -0.267 e. The Bertz CT molecular complexity index is 700. The average molecular weight is 351 g/mol. The Balaban J connectivity index is 2.55. The van der Waals surface area contributed by atoms with Gasteiger partial charge in [0.1, 0.15) is 0 Å². The maximum atomic E-state index is 13.6. The molecule has 0 spiro atoms. The van der Waals surface area contributed by atoms with Gasteiger partial charge in [-0.25, -0.2) is 4.39 Å². The Morgan fingerprint density at radius 2 is 1.48 bits per heavy atom. The van der Waals surface area contributed by atoms with E-state index >= 15 is 0 Å². The number of benzene rings is 1. The highest BCUT2D eigenvalue weighted by Gasteiger charge is 2.74. The fraction of sp³-hybridized carbons (Fsp3) is 0.300. The van der Waals surface area contributed by atoms with Gasteiger partial charge in [-0.2, -0.15) is 29.7 Å². The number of hydrogen-bond donors (Lipinski definition) is 0. The summed E-state index contributed by atoms with van der Waals surface area (Å²) in [6.45, 7) is 0. The summed E-state index contributed by atoms with van der Waals surface area (Å²) in [5.41, 5.74) is -1.13. The first kappa shape index (κ1) is 16.1. The third kappa shape index (κ3) is 2.63. The number of alkyl halides is 7. The quantitative estimate of drug-likeness (QED) is 0.751. The van der Waals surface area contributed by atoms with Crippen LogP contribution in [0.3, 0.4) is 0 Å². The molecule has 21 heavy (non-hydrogen) atoms. The van der Waals surface area contributed by atoms with Crippen LogP contribution in [-0.4, -0.2) is 20.7 Å². The first-order valence-electron chi connectivity index (χ1n) is 5.10. The maximum absolute atomic E-state index is 13.6. The highest BCUT2D eigenvalue weighted by atomic mass is 32.2. The third-order valence-electron chi connectivity index (χ3n) is 2.40. The lowest BCUT2D eigenvalue weighted by Gasteiger charge is -2.28. The molecule has 0 bridgehead atoms. The van der Waals surface area contributed by atoms with Gasteiger partial charge in [-0.05, 0) is 23.7 Å². The van der Waals surface area contributed by atoms with E-state index in [1.165, 1.54) is 24.3 Å². The molecule has 116 valence electrons. The zero-order chi connectivity index (χ0) is 16.1. The van der Waals surface area contributed by atoms with Crippen LogP contribution in [0.5, 0.6) is 0 Å². The molecule has 0 saturated carbocycles. The molecule has 0 aliphatic carbocycles. The van der Waals surface area contributed by atoms with Crippen LogP contribution < -0.4 is 5.56 Å². The minimum atomic E-state index is -6.22. The summed E-state index contributed by atoms with van der Waals surface area (Å²) in [6.07, 6.45) is -12.4. The fourth-order valence-corrected chi connectivity index (χ4v) is 3.46. The van der Waals surface area contributed by atoms with Gasteiger partial charge >= 0.3 is 17.4 Å². The van der Waals surface area contributed by atoms with E-state index in [2.05, 4.69) is 0 Å². The molecule has 2 rings (SSSR count). The van der Waals surface area contributed by atoms with Gasteiger partial charge in [0.25, 0.3) is 5.56 Å². The van der Waals surface area contributed by atoms with Gasteiger partial charge in [0.15, 0.2) is 0 Å². The van der Waals surface area contributed by atoms with Crippen LogP contribution in [-0.2, 0) is 0 Å². The van der Waals surface area contributed by atoms with Crippen molar-refractivity contribution in [1.29, 1.82) is 0 Å². The van der Waals surface area contributed by atoms with Crippen LogP contribution in [0.15, 0.2) is 29.1 Å². The van der Waals surface area contributed by atoms with Gasteiger partial charge in [0.2, 0.25) is 0 Å². The summed E-state index contributed by atoms with van der Waals surface area (Å²) < 4.78 is 88.4. The van der Waals surface area contributed by atoms with Crippen molar-refractivity contribution in [2.24, 2.45) is 0 Å². The minimum absolute atomic E-state index is 0.0473. The van der Waals surface area contributed by atoms with E-state index in [-0.39, 0.29) is 13.4 Å². The van der Waals surface area contributed by atoms with Crippen molar-refractivity contribution in [3.05, 3.63) is 34.6 Å². The van der Waals surface area contributed by atoms with Crippen LogP contribution in [0.1, 0.15) is 0 Å². The van der Waals surface area contributed by atoms with E-state index in [1.54, 1.807) is 0 Å². The van der Waals surface area contributed by atoms with Gasteiger partial charge < -0.3 is 0 Å². The zero-order valence-electron chi connectivity index (χ0n) is 9.63. The highest BCUT2D eigenvalue weighted by molar-refractivity contribution is 8.00. The molecule has 1 aromatic carbocycles. The smallest absolute Gasteiger partial charge is 0.267 e. The van der Waals surface area contributed by atoms with Gasteiger partial charge in [-0.15, -0.1) is 0 Å². The second-order valence-corrected chi connectivity index (χ2v) is 6.16. The van der Waals surface area contributed by atoms with Crippen molar-refractivity contribution in [3.63, 3.8) is 0 Å². The van der Waals surface area contributed by atoms with Gasteiger partial charge in [-0.1, -0.05) is 12.1 Å². The Labute approximate surface area is 120 Å². The predicted octanol–water partition coefficient (Wildman–Crippen LogP) is 4.35. The molecule has 2 aromatic rings. The van der Waals surface area contributed by atoms with E-state index in [0.29, 0.717) is 11.5 Å². The summed E-state index contributed by atoms with van der Waals surface area (Å²) in [5.74, 6) is 0. The van der Waals surface area contributed by atoms with Crippen LogP contribution in [0, 0.1) is 0 Å². The van der Waals surface area contributed by atoms with Crippen molar-refractivity contribution in [2.75, 3.05) is 0 Å². The molecule has 1 aromatic heterocycles. The van der Waals surface area contributed by atoms with E-state index in [0.717, 1.165) is 0 Å². The highest BCUT2D eigenvalue weighted by Crippen LogP contribution is 2.53. The van der Waals surface area contributed by atoms with Crippen molar-refractivity contribution in [1.82, 2.24) is 3.36 Å². The number of halogens is 7. The van der Waals surface area contributed by atoms with Gasteiger partial charge in [0, 0.05) is 11.9 Å². The van der Waals surface area contributed by atoms with Gasteiger partial charge in [-0.3, -0.25) is 4.79 Å². The van der Waals surface area contributed by atoms with E-state index < -0.39 is 34.9 Å². The monoisotopic (exact) mass is 351 g/mol. The van der Waals surface area contributed by atoms with Crippen molar-refractivity contribution < 1.29 is 30.7 Å². The topological polar surface area (TPSA) is 22.0 Å². The lowest BCUT2D eigenvalue weighted by atomic mass is 10.3. The molecule has 0 atom stereocenters. The average Bonchev–Trinajstić information content (AvgIpc) is 2.64. The van der Waals surface area contributed by atoms with Crippen LogP contribution >= 0.6 is 23.5 Å². The summed E-state index contributed by atoms with van der Waals surface area (Å²) in [5, 5.41) is -5.65. The lowest BCUT2D eigenvalue weighted by Crippen LogP contribution is -2.51. The van der Waals surface area contributed by atoms with Gasteiger partial charge in [0.05, 0.1) is 10.1 Å². The molecule has 0 aliphatic rings. The Kier molecular flexibility index (Phi) is 3.77. The molecule has 0 saturated heterocycles. The Hall–Kier alpha value is -1.23. The second-order valence-electron chi connectivity index (χ2n) is 3.83. The molecule has 2 nitrogen and oxygen atoms in total. The number of hydrogen-bond acceptors (Lipinski definition) is 3. The summed E-state index contributed by atoms with van der Waals surface area (Å²) in [7, 11) is 0. The first-order valence-corrected chi connectivity index (χ1v) is 6.65. The third-order valence-corrected chi connectivity index (χ3v) is 4.78. The van der Waals surface area contributed by atoms with Crippen LogP contribution in [0.4, 0.5) is 30.7 Å². The number of fused-ring (bicyclic) bond motifs is 1. The summed E-state index contributed by atoms with van der Waals surface area (Å²) in [4.78, 5) is 11.7. The molecule has 11 heteroatoms. The molecular formula is C10H4F7NOS2. The second kappa shape index (κ2) is 4.90. The molecule has 0 fully saturated rings. The van der Waals surface area contributed by atoms with Crippen molar-refractivity contribution in [3.8, 4) is 0 Å². The molecule has 0 amide bonds. The van der Waals surface area contributed by atoms with Crippen molar-refractivity contribution in [2.45, 2.75) is 17.4 Å². The molecule has 1 heterocycles. The molecule has 0 unspecified atom stereocenters. The molecule has 0 radical (unpaired) electrons. The van der Waals surface area contributed by atoms with Crippen molar-refractivity contribution >= 4 is 33.6 Å². The SMILES string of the molecule is O=c1c2ccccc2sn1SC(F)(C(F)(F)F)C(F)(F)F. The fourth-order valence-electron chi connectivity index (χ4n) is 1.39. The van der Waals surface area contributed by atoms with E-state index in [9.17, 15) is 35.5 Å². The van der Waals surface area contributed by atoms with E-state index in [4.69, 9.17) is 0 Å². The predicted molar refractivity (Wildman–Crippen MR) is 65.0 cm³/mol. The summed E-state index contributed by atoms with van der Waals surface area (Å²) >= 11 is -0.927. The Morgan fingerprint density at radius 1 is 0.952 bits per heavy atom. The molecule has 0 aliphatic heterocycles. The first-order chi connectivity index (χ1) is 9.47. The number of nitrogens with zero attached hydrogens (tertiary/aromatic N) is 1. The van der Waals surface area contributed by atoms with Crippen LogP contribution in [0.25, 0.3) is 10.1 Å². The lowest BCUT2D eigenvalue weighted by molar-refractivity contribution is -0.303. The standard InChI is InChI=1S/C10H4F7NOS2/c11-8(9(12,13)14,10(15,16)17)21-18-7(19)5-3-1-2-4-6(5)20-18/h1-4H. The normalized spacial score (nSPS) is 13.9. The summed E-state index contributed by atoms with van der Waals surface area (Å²) in [6, 6.07) is 5.40. The zero-order valence-corrected chi connectivity index (χ0v) is 11.3. The van der Waals surface area contributed by atoms with E-state index in [1.807, 2.05) is 0 Å². The number of aromatic nitrogens is 1. The maximum Gasteiger partial charge on any atom is 0.443 e.